The van der Waals surface area contributed by atoms with Crippen LogP contribution in [0.15, 0.2) is 18.2 Å². The summed E-state index contributed by atoms with van der Waals surface area (Å²) in [5, 5.41) is 15.1. The van der Waals surface area contributed by atoms with E-state index in [4.69, 9.17) is 33.7 Å². The Bertz CT molecular complexity index is 915. The molecule has 0 spiro atoms. The molecule has 0 aliphatic heterocycles. The van der Waals surface area contributed by atoms with Gasteiger partial charge in [0.05, 0.1) is 10.0 Å². The van der Waals surface area contributed by atoms with Gasteiger partial charge in [-0.15, -0.1) is 10.2 Å². The van der Waals surface area contributed by atoms with Crippen molar-refractivity contribution in [2.24, 2.45) is 11.8 Å². The quantitative estimate of drug-likeness (QED) is 0.570. The normalized spacial score (nSPS) is 14.8. The molecule has 162 valence electrons. The fourth-order valence-electron chi connectivity index (χ4n) is 3.02. The molecule has 4 N–H and O–H groups in total. The highest BCUT2D eigenvalue weighted by Crippen LogP contribution is 2.37. The Morgan fingerprint density at radius 1 is 1.27 bits per heavy atom. The van der Waals surface area contributed by atoms with Crippen LogP contribution in [-0.2, 0) is 4.74 Å². The van der Waals surface area contributed by atoms with Crippen LogP contribution < -0.4 is 16.4 Å². The molecule has 1 aromatic heterocycles. The largest absolute Gasteiger partial charge is 0.444 e. The number of rotatable bonds is 7. The predicted octanol–water partition coefficient (Wildman–Crippen LogP) is 4.39. The molecule has 0 radical (unpaired) electrons. The lowest BCUT2D eigenvalue weighted by molar-refractivity contribution is 0.0518. The van der Waals surface area contributed by atoms with Crippen LogP contribution >= 0.6 is 23.2 Å². The Morgan fingerprint density at radius 3 is 2.63 bits per heavy atom. The van der Waals surface area contributed by atoms with Gasteiger partial charge < -0.3 is 21.1 Å². The van der Waals surface area contributed by atoms with E-state index in [0.717, 1.165) is 12.8 Å². The fraction of sp³-hybridized carbons (Fsp3) is 0.500. The predicted molar refractivity (Wildman–Crippen MR) is 119 cm³/mol. The van der Waals surface area contributed by atoms with Crippen molar-refractivity contribution >= 4 is 41.1 Å². The van der Waals surface area contributed by atoms with Crippen molar-refractivity contribution in [3.63, 3.8) is 0 Å². The molecule has 1 saturated carbocycles. The van der Waals surface area contributed by atoms with Crippen molar-refractivity contribution < 1.29 is 9.53 Å². The van der Waals surface area contributed by atoms with Crippen molar-refractivity contribution in [3.8, 4) is 11.3 Å². The second-order valence-corrected chi connectivity index (χ2v) is 9.12. The highest BCUT2D eigenvalue weighted by atomic mass is 35.5. The van der Waals surface area contributed by atoms with E-state index in [1.54, 1.807) is 18.2 Å². The number of hydrogen-bond donors (Lipinski definition) is 3. The van der Waals surface area contributed by atoms with Gasteiger partial charge in [-0.3, -0.25) is 0 Å². The average molecular weight is 453 g/mol. The zero-order valence-corrected chi connectivity index (χ0v) is 18.7. The molecule has 2 aromatic rings. The smallest absolute Gasteiger partial charge is 0.407 e. The van der Waals surface area contributed by atoms with Gasteiger partial charge in [0.2, 0.25) is 5.95 Å². The van der Waals surface area contributed by atoms with Gasteiger partial charge in [0.25, 0.3) is 0 Å². The number of halogens is 2. The SMILES string of the molecule is CC(C)(C)OC(=O)NCC(CNc1nnc(-c2cccc(Cl)c2Cl)c(N)n1)C1CC1. The van der Waals surface area contributed by atoms with Crippen LogP contribution in [0.2, 0.25) is 10.0 Å². The molecule has 1 heterocycles. The Hall–Kier alpha value is -2.32. The number of nitrogens with zero attached hydrogens (tertiary/aromatic N) is 3. The highest BCUT2D eigenvalue weighted by molar-refractivity contribution is 6.43. The van der Waals surface area contributed by atoms with Gasteiger partial charge in [0.15, 0.2) is 5.82 Å². The molecule has 1 aliphatic carbocycles. The third-order valence-electron chi connectivity index (χ3n) is 4.64. The second kappa shape index (κ2) is 9.22. The molecule has 0 bridgehead atoms. The topological polar surface area (TPSA) is 115 Å². The number of alkyl carbamates (subject to hydrolysis) is 1. The van der Waals surface area contributed by atoms with E-state index in [1.807, 2.05) is 20.8 Å². The van der Waals surface area contributed by atoms with E-state index < -0.39 is 11.7 Å². The van der Waals surface area contributed by atoms with Gasteiger partial charge in [0, 0.05) is 18.7 Å². The number of benzene rings is 1. The molecule has 1 fully saturated rings. The maximum absolute atomic E-state index is 11.9. The summed E-state index contributed by atoms with van der Waals surface area (Å²) in [6.45, 7) is 6.59. The van der Waals surface area contributed by atoms with Crippen LogP contribution in [0.25, 0.3) is 11.3 Å². The Labute approximate surface area is 185 Å². The zero-order valence-electron chi connectivity index (χ0n) is 17.2. The molecule has 10 heteroatoms. The summed E-state index contributed by atoms with van der Waals surface area (Å²) in [7, 11) is 0. The standard InChI is InChI=1S/C20H26Cl2N6O2/c1-20(2,3)30-19(29)25-10-12(11-7-8-11)9-24-18-26-17(23)16(27-28-18)13-5-4-6-14(21)15(13)22/h4-6,11-12H,7-10H2,1-3H3,(H,25,29)(H3,23,24,26,28). The molecular weight excluding hydrogens is 427 g/mol. The van der Waals surface area contributed by atoms with Crippen molar-refractivity contribution in [3.05, 3.63) is 28.2 Å². The van der Waals surface area contributed by atoms with Crippen LogP contribution in [-0.4, -0.2) is 40.0 Å². The number of carbonyl (C=O) groups excluding carboxylic acids is 1. The Morgan fingerprint density at radius 2 is 2.00 bits per heavy atom. The minimum Gasteiger partial charge on any atom is -0.444 e. The molecule has 30 heavy (non-hydrogen) atoms. The number of hydrogen-bond acceptors (Lipinski definition) is 7. The second-order valence-electron chi connectivity index (χ2n) is 8.33. The first-order chi connectivity index (χ1) is 14.1. The Kier molecular flexibility index (Phi) is 6.88. The van der Waals surface area contributed by atoms with Crippen LogP contribution in [0, 0.1) is 11.8 Å². The molecule has 1 amide bonds. The number of nitrogens with one attached hydrogen (secondary N) is 2. The number of nitrogen functional groups attached to an aromatic ring is 1. The van der Waals surface area contributed by atoms with Gasteiger partial charge in [-0.1, -0.05) is 35.3 Å². The summed E-state index contributed by atoms with van der Waals surface area (Å²) in [5.41, 5.74) is 6.50. The highest BCUT2D eigenvalue weighted by Gasteiger charge is 2.32. The zero-order chi connectivity index (χ0) is 21.9. The monoisotopic (exact) mass is 452 g/mol. The molecule has 1 aromatic carbocycles. The third-order valence-corrected chi connectivity index (χ3v) is 5.46. The number of aromatic nitrogens is 3. The molecule has 1 atom stereocenters. The van der Waals surface area contributed by atoms with Crippen molar-refractivity contribution in [2.75, 3.05) is 24.1 Å². The Balaban J connectivity index is 1.61. The molecular formula is C20H26Cl2N6O2. The van der Waals surface area contributed by atoms with Gasteiger partial charge in [-0.2, -0.15) is 4.98 Å². The number of nitrogens with two attached hydrogens (primary N) is 1. The first-order valence-corrected chi connectivity index (χ1v) is 10.5. The summed E-state index contributed by atoms with van der Waals surface area (Å²) < 4.78 is 5.30. The molecule has 1 aliphatic rings. The lowest BCUT2D eigenvalue weighted by atomic mass is 10.0. The van der Waals surface area contributed by atoms with Crippen molar-refractivity contribution in [1.82, 2.24) is 20.5 Å². The summed E-state index contributed by atoms with van der Waals surface area (Å²) in [4.78, 5) is 16.2. The van der Waals surface area contributed by atoms with E-state index in [1.165, 1.54) is 0 Å². The number of ether oxygens (including phenoxy) is 1. The van der Waals surface area contributed by atoms with E-state index in [9.17, 15) is 4.79 Å². The average Bonchev–Trinajstić information content (AvgIpc) is 3.48. The van der Waals surface area contributed by atoms with Crippen LogP contribution in [0.4, 0.5) is 16.6 Å². The van der Waals surface area contributed by atoms with Crippen molar-refractivity contribution in [1.29, 1.82) is 0 Å². The minimum absolute atomic E-state index is 0.200. The fourth-order valence-corrected chi connectivity index (χ4v) is 3.41. The summed E-state index contributed by atoms with van der Waals surface area (Å²) in [6, 6.07) is 5.20. The van der Waals surface area contributed by atoms with Gasteiger partial charge in [0.1, 0.15) is 11.3 Å². The van der Waals surface area contributed by atoms with E-state index in [2.05, 4.69) is 25.8 Å². The van der Waals surface area contributed by atoms with Crippen LogP contribution in [0.3, 0.4) is 0 Å². The maximum Gasteiger partial charge on any atom is 0.407 e. The molecule has 8 nitrogen and oxygen atoms in total. The lowest BCUT2D eigenvalue weighted by Gasteiger charge is -2.22. The minimum atomic E-state index is -0.526. The summed E-state index contributed by atoms with van der Waals surface area (Å²) >= 11 is 12.3. The first-order valence-electron chi connectivity index (χ1n) is 9.79. The number of anilines is 2. The van der Waals surface area contributed by atoms with Crippen LogP contribution in [0.1, 0.15) is 33.6 Å². The lowest BCUT2D eigenvalue weighted by Crippen LogP contribution is -2.37. The van der Waals surface area contributed by atoms with E-state index >= 15 is 0 Å². The summed E-state index contributed by atoms with van der Waals surface area (Å²) in [6.07, 6.45) is 1.85. The van der Waals surface area contributed by atoms with E-state index in [0.29, 0.717) is 46.3 Å². The number of amides is 1. The van der Waals surface area contributed by atoms with E-state index in [-0.39, 0.29) is 11.7 Å². The first kappa shape index (κ1) is 22.4. The molecule has 3 rings (SSSR count). The third kappa shape index (κ3) is 6.09. The molecule has 1 unspecified atom stereocenters. The van der Waals surface area contributed by atoms with Gasteiger partial charge in [-0.05, 0) is 51.5 Å². The van der Waals surface area contributed by atoms with Gasteiger partial charge in [-0.25, -0.2) is 4.79 Å². The number of carbonyl (C=O) groups is 1. The van der Waals surface area contributed by atoms with Crippen LogP contribution in [0.5, 0.6) is 0 Å². The maximum atomic E-state index is 11.9. The summed E-state index contributed by atoms with van der Waals surface area (Å²) in [5.74, 6) is 1.29. The van der Waals surface area contributed by atoms with Gasteiger partial charge >= 0.3 is 6.09 Å². The van der Waals surface area contributed by atoms with Crippen molar-refractivity contribution in [2.45, 2.75) is 39.2 Å². The molecule has 0 saturated heterocycles.